The monoisotopic (exact) mass is 532 g/mol. The van der Waals surface area contributed by atoms with Crippen LogP contribution in [0.15, 0.2) is 54.7 Å². The Morgan fingerprint density at radius 3 is 2.31 bits per heavy atom. The maximum atomic E-state index is 13.8. The molecule has 0 aliphatic carbocycles. The first-order valence-electron chi connectivity index (χ1n) is 14.7. The van der Waals surface area contributed by atoms with Crippen LogP contribution in [0.3, 0.4) is 0 Å². The number of carbonyl (C=O) groups is 2. The van der Waals surface area contributed by atoms with Gasteiger partial charge >= 0.3 is 0 Å². The Labute approximate surface area is 235 Å². The molecule has 0 aliphatic heterocycles. The van der Waals surface area contributed by atoms with Gasteiger partial charge in [-0.15, -0.1) is 0 Å². The van der Waals surface area contributed by atoms with Gasteiger partial charge in [0.1, 0.15) is 0 Å². The van der Waals surface area contributed by atoms with Crippen molar-refractivity contribution in [1.29, 1.82) is 0 Å². The highest BCUT2D eigenvalue weighted by atomic mass is 16.2. The average Bonchev–Trinajstić information content (AvgIpc) is 3.36. The number of unbranched alkanes of at least 4 members (excludes halogenated alkanes) is 4. The Morgan fingerprint density at radius 1 is 0.897 bits per heavy atom. The third kappa shape index (κ3) is 8.87. The lowest BCUT2D eigenvalue weighted by molar-refractivity contribution is -0.142. The first-order chi connectivity index (χ1) is 18.8. The predicted molar refractivity (Wildman–Crippen MR) is 163 cm³/mol. The highest BCUT2D eigenvalue weighted by Crippen LogP contribution is 2.20. The standard InChI is InChI=1S/C33H48N4O2/c1-6-8-9-10-11-16-32(38)37(26(3)7-2)25-33(39)36(24-27-17-19-29(20-18-27)35(4)5)22-21-28-23-34-31-15-13-12-14-30(28)31/h12-15,17-20,23,26,34H,6-11,16,21-22,24-25H2,1-5H3. The Bertz CT molecular complexity index is 1170. The van der Waals surface area contributed by atoms with Crippen molar-refractivity contribution >= 4 is 28.4 Å². The number of hydrogen-bond donors (Lipinski definition) is 1. The number of fused-ring (bicyclic) bond motifs is 1. The zero-order valence-electron chi connectivity index (χ0n) is 24.7. The van der Waals surface area contributed by atoms with Crippen LogP contribution in [0.2, 0.25) is 0 Å². The zero-order chi connectivity index (χ0) is 28.2. The van der Waals surface area contributed by atoms with E-state index in [4.69, 9.17) is 0 Å². The predicted octanol–water partition coefficient (Wildman–Crippen LogP) is 6.79. The zero-order valence-corrected chi connectivity index (χ0v) is 24.7. The Hall–Kier alpha value is -3.28. The van der Waals surface area contributed by atoms with Gasteiger partial charge in [0.25, 0.3) is 0 Å². The number of carbonyl (C=O) groups excluding carboxylic acids is 2. The van der Waals surface area contributed by atoms with Crippen LogP contribution in [-0.2, 0) is 22.6 Å². The minimum Gasteiger partial charge on any atom is -0.378 e. The van der Waals surface area contributed by atoms with Gasteiger partial charge in [-0.05, 0) is 55.5 Å². The van der Waals surface area contributed by atoms with E-state index in [1.54, 1.807) is 0 Å². The van der Waals surface area contributed by atoms with E-state index in [0.717, 1.165) is 42.5 Å². The summed E-state index contributed by atoms with van der Waals surface area (Å²) in [5, 5.41) is 1.19. The topological polar surface area (TPSA) is 59.7 Å². The highest BCUT2D eigenvalue weighted by Gasteiger charge is 2.25. The fourth-order valence-corrected chi connectivity index (χ4v) is 4.99. The first kappa shape index (κ1) is 30.3. The molecule has 6 heteroatoms. The molecule has 0 saturated heterocycles. The number of anilines is 1. The van der Waals surface area contributed by atoms with Crippen molar-refractivity contribution in [1.82, 2.24) is 14.8 Å². The maximum absolute atomic E-state index is 13.8. The minimum atomic E-state index is 0.00570. The van der Waals surface area contributed by atoms with Gasteiger partial charge in [0.05, 0.1) is 6.54 Å². The van der Waals surface area contributed by atoms with Crippen molar-refractivity contribution < 1.29 is 9.59 Å². The molecule has 39 heavy (non-hydrogen) atoms. The molecule has 0 saturated carbocycles. The van der Waals surface area contributed by atoms with Gasteiger partial charge in [0.2, 0.25) is 11.8 Å². The van der Waals surface area contributed by atoms with Gasteiger partial charge in [-0.1, -0.05) is 69.9 Å². The molecule has 0 spiro atoms. The summed E-state index contributed by atoms with van der Waals surface area (Å²) in [6.45, 7) is 7.58. The molecular formula is C33H48N4O2. The number of nitrogens with one attached hydrogen (secondary N) is 1. The normalized spacial score (nSPS) is 11.9. The number of benzene rings is 2. The van der Waals surface area contributed by atoms with E-state index in [0.29, 0.717) is 19.5 Å². The van der Waals surface area contributed by atoms with E-state index >= 15 is 0 Å². The molecule has 0 radical (unpaired) electrons. The van der Waals surface area contributed by atoms with Crippen LogP contribution in [0.4, 0.5) is 5.69 Å². The number of aromatic nitrogens is 1. The number of nitrogens with zero attached hydrogens (tertiary/aromatic N) is 3. The van der Waals surface area contributed by atoms with Gasteiger partial charge in [-0.25, -0.2) is 0 Å². The molecule has 3 rings (SSSR count). The molecule has 1 aromatic heterocycles. The van der Waals surface area contributed by atoms with Crippen LogP contribution in [0, 0.1) is 0 Å². The van der Waals surface area contributed by atoms with E-state index in [9.17, 15) is 9.59 Å². The summed E-state index contributed by atoms with van der Waals surface area (Å²) in [6.07, 6.45) is 9.67. The molecule has 1 heterocycles. The van der Waals surface area contributed by atoms with Crippen molar-refractivity contribution in [3.05, 3.63) is 65.9 Å². The molecule has 212 valence electrons. The van der Waals surface area contributed by atoms with Gasteiger partial charge in [0.15, 0.2) is 0 Å². The molecule has 0 aliphatic rings. The second-order valence-corrected chi connectivity index (χ2v) is 10.9. The van der Waals surface area contributed by atoms with Crippen molar-refractivity contribution in [2.45, 2.75) is 84.7 Å². The number of H-pyrrole nitrogens is 1. The third-order valence-electron chi connectivity index (χ3n) is 7.75. The van der Waals surface area contributed by atoms with E-state index in [-0.39, 0.29) is 24.4 Å². The number of aromatic amines is 1. The summed E-state index contributed by atoms with van der Waals surface area (Å²) in [5.41, 5.74) is 4.53. The fraction of sp³-hybridized carbons (Fsp3) is 0.515. The summed E-state index contributed by atoms with van der Waals surface area (Å²) in [6, 6.07) is 16.7. The molecule has 0 fully saturated rings. The van der Waals surface area contributed by atoms with Crippen LogP contribution >= 0.6 is 0 Å². The summed E-state index contributed by atoms with van der Waals surface area (Å²) >= 11 is 0. The van der Waals surface area contributed by atoms with Crippen LogP contribution in [0.25, 0.3) is 10.9 Å². The Kier molecular flexibility index (Phi) is 11.9. The van der Waals surface area contributed by atoms with Crippen LogP contribution < -0.4 is 4.90 Å². The summed E-state index contributed by atoms with van der Waals surface area (Å²) in [5.74, 6) is 0.104. The quantitative estimate of drug-likeness (QED) is 0.207. The number of rotatable bonds is 16. The number of para-hydroxylation sites is 1. The van der Waals surface area contributed by atoms with Crippen molar-refractivity contribution in [2.24, 2.45) is 0 Å². The SMILES string of the molecule is CCCCCCCC(=O)N(CC(=O)N(CCc1c[nH]c2ccccc12)Cc1ccc(N(C)C)cc1)C(C)CC. The largest absolute Gasteiger partial charge is 0.378 e. The van der Waals surface area contributed by atoms with Crippen LogP contribution in [0.5, 0.6) is 0 Å². The lowest BCUT2D eigenvalue weighted by Gasteiger charge is -2.31. The minimum absolute atomic E-state index is 0.00570. The smallest absolute Gasteiger partial charge is 0.242 e. The van der Waals surface area contributed by atoms with Gasteiger partial charge in [0, 0.05) is 62.4 Å². The second kappa shape index (κ2) is 15.3. The van der Waals surface area contributed by atoms with Gasteiger partial charge in [-0.3, -0.25) is 9.59 Å². The molecule has 6 nitrogen and oxygen atoms in total. The molecular weight excluding hydrogens is 484 g/mol. The average molecular weight is 533 g/mol. The highest BCUT2D eigenvalue weighted by molar-refractivity contribution is 5.85. The molecule has 1 unspecified atom stereocenters. The summed E-state index contributed by atoms with van der Waals surface area (Å²) in [7, 11) is 4.05. The van der Waals surface area contributed by atoms with Gasteiger partial charge in [-0.2, -0.15) is 0 Å². The molecule has 1 N–H and O–H groups in total. The van der Waals surface area contributed by atoms with E-state index in [1.165, 1.54) is 30.2 Å². The molecule has 1 atom stereocenters. The van der Waals surface area contributed by atoms with E-state index in [1.807, 2.05) is 42.2 Å². The Morgan fingerprint density at radius 2 is 1.62 bits per heavy atom. The molecule has 2 amide bonds. The van der Waals surface area contributed by atoms with E-state index in [2.05, 4.69) is 67.1 Å². The Balaban J connectivity index is 1.74. The number of amides is 2. The lowest BCUT2D eigenvalue weighted by Crippen LogP contribution is -2.46. The van der Waals surface area contributed by atoms with Crippen molar-refractivity contribution in [3.8, 4) is 0 Å². The molecule has 3 aromatic rings. The van der Waals surface area contributed by atoms with E-state index < -0.39 is 0 Å². The van der Waals surface area contributed by atoms with Crippen molar-refractivity contribution in [3.63, 3.8) is 0 Å². The lowest BCUT2D eigenvalue weighted by atomic mass is 10.1. The van der Waals surface area contributed by atoms with Crippen LogP contribution in [0.1, 0.15) is 76.8 Å². The maximum Gasteiger partial charge on any atom is 0.242 e. The van der Waals surface area contributed by atoms with Gasteiger partial charge < -0.3 is 19.7 Å². The summed E-state index contributed by atoms with van der Waals surface area (Å²) < 4.78 is 0. The molecule has 0 bridgehead atoms. The first-order valence-corrected chi connectivity index (χ1v) is 14.7. The molecule has 2 aromatic carbocycles. The van der Waals surface area contributed by atoms with Crippen molar-refractivity contribution in [2.75, 3.05) is 32.1 Å². The van der Waals surface area contributed by atoms with Crippen LogP contribution in [-0.4, -0.2) is 59.8 Å². The third-order valence-corrected chi connectivity index (χ3v) is 7.75. The fourth-order valence-electron chi connectivity index (χ4n) is 4.99. The number of hydrogen-bond acceptors (Lipinski definition) is 3. The second-order valence-electron chi connectivity index (χ2n) is 10.9. The summed E-state index contributed by atoms with van der Waals surface area (Å²) in [4.78, 5) is 36.2.